The van der Waals surface area contributed by atoms with Crippen LogP contribution in [0, 0.1) is 11.8 Å². The molecule has 0 spiro atoms. The van der Waals surface area contributed by atoms with Crippen molar-refractivity contribution in [2.24, 2.45) is 11.8 Å². The summed E-state index contributed by atoms with van der Waals surface area (Å²) in [5.41, 5.74) is 5.51. The fraction of sp³-hybridized carbons (Fsp3) is 0.452. The first-order valence-electron chi connectivity index (χ1n) is 19.4. The van der Waals surface area contributed by atoms with Gasteiger partial charge in [0.25, 0.3) is 0 Å². The molecule has 1 aliphatic rings. The second-order valence-corrected chi connectivity index (χ2v) is 15.4. The normalized spacial score (nSPS) is 15.0. The number of aromatic nitrogens is 4. The molecular weight excluding hydrogens is 743 g/mol. The number of aromatic amines is 2. The van der Waals surface area contributed by atoms with Crippen LogP contribution in [0.2, 0.25) is 0 Å². The molecule has 1 saturated heterocycles. The number of ether oxygens (including phenoxy) is 2. The molecule has 58 heavy (non-hydrogen) atoms. The van der Waals surface area contributed by atoms with Crippen molar-refractivity contribution in [2.45, 2.75) is 72.1 Å². The molecule has 16 nitrogen and oxygen atoms in total. The third kappa shape index (κ3) is 10.7. The maximum Gasteiger partial charge on any atom is 0.407 e. The fourth-order valence-electron chi connectivity index (χ4n) is 7.12. The summed E-state index contributed by atoms with van der Waals surface area (Å²) in [6.45, 7) is 9.95. The Kier molecular flexibility index (Phi) is 14.4. The number of Topliss-reactive ketones (excluding diaryl/α,β-unsaturated/α-hetero) is 1. The van der Waals surface area contributed by atoms with E-state index in [1.54, 1.807) is 34.1 Å². The minimum atomic E-state index is -0.840. The summed E-state index contributed by atoms with van der Waals surface area (Å²) in [6, 6.07) is 14.4. The molecule has 5 rings (SSSR count). The summed E-state index contributed by atoms with van der Waals surface area (Å²) in [5.74, 6) is 0.402. The third-order valence-corrected chi connectivity index (χ3v) is 10.1. The van der Waals surface area contributed by atoms with Gasteiger partial charge in [0.15, 0.2) is 0 Å². The van der Waals surface area contributed by atoms with E-state index < -0.39 is 24.3 Å². The number of nitrogens with one attached hydrogen (secondary N) is 4. The SMILES string of the molecule is COC(=O)N[C@H](C(=O)N(Cc1ncc(-c2ccc(-c3ccc(-c4cnc([C@@H]5CCCN5C(=O)[C@@H](NC(=O)OC)C(C)C)[nH]4)cc3)cc2)[nH]1)CN(C)CC(C)=O)C(C)C. The number of ketones is 1. The van der Waals surface area contributed by atoms with Crippen LogP contribution in [-0.4, -0.2) is 118 Å². The molecule has 16 heteroatoms. The standard InChI is InChI=1S/C42H55N9O7/c1-25(2)36(47-41(55)57-7)39(53)50(24-49(6)22-27(5)52)23-35-43-20-32(45-35)30-15-11-28(12-16-30)29-13-17-31(18-14-29)33-21-44-38(46-33)34-10-9-19-51(34)40(54)37(26(3)4)48-42(56)58-8/h11-18,20-21,25-26,34,36-37H,9-10,19,22-24H2,1-8H3,(H,43,45)(H,44,46)(H,47,55)(H,48,56)/t34-,36-,37-/m0/s1. The molecule has 3 atom stereocenters. The van der Waals surface area contributed by atoms with Gasteiger partial charge in [0.05, 0.1) is 63.8 Å². The fourth-order valence-corrected chi connectivity index (χ4v) is 7.12. The van der Waals surface area contributed by atoms with Gasteiger partial charge in [-0.2, -0.15) is 0 Å². The van der Waals surface area contributed by atoms with Crippen LogP contribution >= 0.6 is 0 Å². The predicted molar refractivity (Wildman–Crippen MR) is 218 cm³/mol. The number of hydrogen-bond donors (Lipinski definition) is 4. The highest BCUT2D eigenvalue weighted by atomic mass is 16.5. The van der Waals surface area contributed by atoms with Gasteiger partial charge in [-0.15, -0.1) is 0 Å². The third-order valence-electron chi connectivity index (χ3n) is 10.1. The number of benzene rings is 2. The summed E-state index contributed by atoms with van der Waals surface area (Å²) in [5, 5.41) is 5.32. The van der Waals surface area contributed by atoms with Crippen molar-refractivity contribution in [1.29, 1.82) is 0 Å². The zero-order valence-electron chi connectivity index (χ0n) is 34.5. The van der Waals surface area contributed by atoms with Crippen LogP contribution < -0.4 is 10.6 Å². The molecule has 4 amide bonds. The molecular formula is C42H55N9O7. The van der Waals surface area contributed by atoms with Crippen LogP contribution in [0.3, 0.4) is 0 Å². The number of carbonyl (C=O) groups excluding carboxylic acids is 5. The zero-order chi connectivity index (χ0) is 42.1. The van der Waals surface area contributed by atoms with E-state index in [9.17, 15) is 24.0 Å². The monoisotopic (exact) mass is 797 g/mol. The predicted octanol–water partition coefficient (Wildman–Crippen LogP) is 5.37. The maximum atomic E-state index is 13.7. The van der Waals surface area contributed by atoms with Gasteiger partial charge in [-0.05, 0) is 60.9 Å². The van der Waals surface area contributed by atoms with Gasteiger partial charge >= 0.3 is 12.2 Å². The molecule has 4 aromatic rings. The summed E-state index contributed by atoms with van der Waals surface area (Å²) in [7, 11) is 4.28. The average molecular weight is 798 g/mol. The van der Waals surface area contributed by atoms with Gasteiger partial charge in [0.2, 0.25) is 11.8 Å². The molecule has 0 bridgehead atoms. The Morgan fingerprint density at radius 1 is 0.793 bits per heavy atom. The second-order valence-electron chi connectivity index (χ2n) is 15.4. The number of likely N-dealkylation sites (tertiary alicyclic amines) is 1. The first-order valence-corrected chi connectivity index (χ1v) is 19.4. The van der Waals surface area contributed by atoms with Crippen molar-refractivity contribution in [3.63, 3.8) is 0 Å². The average Bonchev–Trinajstić information content (AvgIpc) is 3.99. The summed E-state index contributed by atoms with van der Waals surface area (Å²) >= 11 is 0. The van der Waals surface area contributed by atoms with E-state index in [1.807, 2.05) is 76.2 Å². The Morgan fingerprint density at radius 3 is 1.84 bits per heavy atom. The molecule has 1 aliphatic heterocycles. The van der Waals surface area contributed by atoms with E-state index in [0.717, 1.165) is 46.5 Å². The number of rotatable bonds is 16. The number of nitrogens with zero attached hydrogens (tertiary/aromatic N) is 5. The van der Waals surface area contributed by atoms with E-state index in [-0.39, 0.29) is 55.2 Å². The molecule has 0 unspecified atom stereocenters. The highest BCUT2D eigenvalue weighted by molar-refractivity contribution is 5.87. The van der Waals surface area contributed by atoms with E-state index >= 15 is 0 Å². The number of amides is 4. The Morgan fingerprint density at radius 2 is 1.31 bits per heavy atom. The number of H-pyrrole nitrogens is 2. The van der Waals surface area contributed by atoms with Gasteiger partial charge in [-0.1, -0.05) is 76.2 Å². The van der Waals surface area contributed by atoms with Crippen molar-refractivity contribution in [3.05, 3.63) is 72.6 Å². The largest absolute Gasteiger partial charge is 0.453 e. The molecule has 0 radical (unpaired) electrons. The quantitative estimate of drug-likeness (QED) is 0.107. The molecule has 2 aromatic carbocycles. The lowest BCUT2D eigenvalue weighted by Gasteiger charge is -2.31. The van der Waals surface area contributed by atoms with E-state index in [1.165, 1.54) is 21.1 Å². The van der Waals surface area contributed by atoms with Gasteiger partial charge in [0, 0.05) is 6.54 Å². The number of hydrogen-bond acceptors (Lipinski definition) is 10. The number of methoxy groups -OCH3 is 2. The Hall–Kier alpha value is -6.03. The van der Waals surface area contributed by atoms with Gasteiger partial charge < -0.3 is 39.9 Å². The topological polar surface area (TPSA) is 195 Å². The highest BCUT2D eigenvalue weighted by Crippen LogP contribution is 2.33. The first kappa shape index (κ1) is 43.1. The maximum absolute atomic E-state index is 13.7. The van der Waals surface area contributed by atoms with Gasteiger partial charge in [-0.3, -0.25) is 19.3 Å². The van der Waals surface area contributed by atoms with E-state index in [4.69, 9.17) is 9.47 Å². The number of alkyl carbamates (subject to hydrolysis) is 2. The Labute approximate surface area is 339 Å². The zero-order valence-corrected chi connectivity index (χ0v) is 34.5. The minimum absolute atomic E-state index is 0.0369. The summed E-state index contributed by atoms with van der Waals surface area (Å²) in [6.07, 6.45) is 3.77. The van der Waals surface area contributed by atoms with Crippen molar-refractivity contribution >= 4 is 29.8 Å². The van der Waals surface area contributed by atoms with Gasteiger partial charge in [0.1, 0.15) is 29.5 Å². The molecule has 3 heterocycles. The van der Waals surface area contributed by atoms with Crippen molar-refractivity contribution in [1.82, 2.24) is 45.3 Å². The van der Waals surface area contributed by atoms with Crippen molar-refractivity contribution in [2.75, 3.05) is 41.0 Å². The molecule has 0 aliphatic carbocycles. The van der Waals surface area contributed by atoms with Crippen LogP contribution in [0.1, 0.15) is 65.2 Å². The minimum Gasteiger partial charge on any atom is -0.453 e. The highest BCUT2D eigenvalue weighted by Gasteiger charge is 2.37. The Balaban J connectivity index is 1.26. The lowest BCUT2D eigenvalue weighted by molar-refractivity contribution is -0.138. The molecule has 2 aromatic heterocycles. The van der Waals surface area contributed by atoms with E-state index in [0.29, 0.717) is 18.2 Å². The lowest BCUT2D eigenvalue weighted by atomic mass is 10.0. The molecule has 4 N–H and O–H groups in total. The summed E-state index contributed by atoms with van der Waals surface area (Å²) < 4.78 is 9.50. The molecule has 1 fully saturated rings. The van der Waals surface area contributed by atoms with Crippen molar-refractivity contribution < 1.29 is 33.4 Å². The van der Waals surface area contributed by atoms with E-state index in [2.05, 4.69) is 30.6 Å². The lowest BCUT2D eigenvalue weighted by Crippen LogP contribution is -2.53. The molecule has 0 saturated carbocycles. The number of carbonyl (C=O) groups is 5. The summed E-state index contributed by atoms with van der Waals surface area (Å²) in [4.78, 5) is 84.2. The van der Waals surface area contributed by atoms with Crippen LogP contribution in [0.4, 0.5) is 9.59 Å². The van der Waals surface area contributed by atoms with Gasteiger partial charge in [-0.25, -0.2) is 19.6 Å². The number of likely N-dealkylation sites (N-methyl/N-ethyl adjacent to an activating group) is 1. The molecule has 310 valence electrons. The van der Waals surface area contributed by atoms with Crippen LogP contribution in [0.15, 0.2) is 60.9 Å². The smallest absolute Gasteiger partial charge is 0.407 e. The first-order chi connectivity index (χ1) is 27.7. The van der Waals surface area contributed by atoms with Crippen LogP contribution in [0.5, 0.6) is 0 Å². The number of imidazole rings is 2. The van der Waals surface area contributed by atoms with Crippen LogP contribution in [-0.2, 0) is 30.4 Å². The van der Waals surface area contributed by atoms with Crippen LogP contribution in [0.25, 0.3) is 33.6 Å². The second kappa shape index (κ2) is 19.4. The van der Waals surface area contributed by atoms with Crippen molar-refractivity contribution in [3.8, 4) is 33.6 Å². The Bertz CT molecular complexity index is 2040.